The fourth-order valence-corrected chi connectivity index (χ4v) is 4.98. The molecule has 0 bridgehead atoms. The van der Waals surface area contributed by atoms with E-state index in [0.717, 1.165) is 32.5 Å². The van der Waals surface area contributed by atoms with E-state index in [0.29, 0.717) is 18.7 Å². The van der Waals surface area contributed by atoms with Gasteiger partial charge in [0.25, 0.3) is 0 Å². The molecular formula is C27H33N3O4S. The van der Waals surface area contributed by atoms with Gasteiger partial charge in [0, 0.05) is 18.5 Å². The van der Waals surface area contributed by atoms with Crippen molar-refractivity contribution < 1.29 is 18.0 Å². The molecule has 0 fully saturated rings. The van der Waals surface area contributed by atoms with Crippen molar-refractivity contribution in [3.8, 4) is 0 Å². The van der Waals surface area contributed by atoms with Gasteiger partial charge in [-0.1, -0.05) is 73.2 Å². The minimum absolute atomic E-state index is 0.196. The minimum Gasteiger partial charge on any atom is -0.355 e. The van der Waals surface area contributed by atoms with Crippen molar-refractivity contribution in [3.05, 3.63) is 77.9 Å². The quantitative estimate of drug-likeness (QED) is 0.463. The number of carbonyl (C=O) groups excluding carboxylic acids is 2. The molecule has 7 nitrogen and oxygen atoms in total. The van der Waals surface area contributed by atoms with Crippen LogP contribution >= 0.6 is 0 Å². The molecule has 2 amide bonds. The Balaban J connectivity index is 2.02. The van der Waals surface area contributed by atoms with Crippen LogP contribution in [0.15, 0.2) is 66.7 Å². The number of nitrogens with zero attached hydrogens (tertiary/aromatic N) is 2. The van der Waals surface area contributed by atoms with E-state index in [1.165, 1.54) is 4.90 Å². The zero-order valence-electron chi connectivity index (χ0n) is 20.7. The van der Waals surface area contributed by atoms with Crippen molar-refractivity contribution in [3.63, 3.8) is 0 Å². The first kappa shape index (κ1) is 26.2. The third-order valence-electron chi connectivity index (χ3n) is 5.92. The van der Waals surface area contributed by atoms with E-state index in [2.05, 4.69) is 5.32 Å². The first-order chi connectivity index (χ1) is 16.7. The Morgan fingerprint density at radius 2 is 1.60 bits per heavy atom. The standard InChI is InChI=1S/C27H33N3O4S/c1-5-24(27(32)28-6-2)29(18-21-16-14-20(3)15-17-21)26(31)19-30(35(4,33)34)25-13-9-11-22-10-7-8-12-23(22)25/h7-17,24H,5-6,18-19H2,1-4H3,(H,28,32)/t24-/m0/s1. The molecule has 35 heavy (non-hydrogen) atoms. The monoisotopic (exact) mass is 495 g/mol. The van der Waals surface area contributed by atoms with Crippen molar-refractivity contribution in [1.82, 2.24) is 10.2 Å². The highest BCUT2D eigenvalue weighted by molar-refractivity contribution is 7.92. The predicted molar refractivity (Wildman–Crippen MR) is 141 cm³/mol. The molecule has 0 saturated heterocycles. The lowest BCUT2D eigenvalue weighted by Gasteiger charge is -2.33. The Morgan fingerprint density at radius 3 is 2.23 bits per heavy atom. The number of benzene rings is 3. The van der Waals surface area contributed by atoms with Crippen LogP contribution in [0, 0.1) is 6.92 Å². The van der Waals surface area contributed by atoms with Crippen LogP contribution in [0.4, 0.5) is 5.69 Å². The number of amides is 2. The number of hydrogen-bond donors (Lipinski definition) is 1. The summed E-state index contributed by atoms with van der Waals surface area (Å²) in [6.07, 6.45) is 1.49. The summed E-state index contributed by atoms with van der Waals surface area (Å²) in [4.78, 5) is 28.1. The molecule has 0 radical (unpaired) electrons. The molecule has 0 aliphatic carbocycles. The Hall–Kier alpha value is -3.39. The fraction of sp³-hybridized carbons (Fsp3) is 0.333. The summed E-state index contributed by atoms with van der Waals surface area (Å²) in [5.74, 6) is -0.700. The molecule has 186 valence electrons. The van der Waals surface area contributed by atoms with Crippen molar-refractivity contribution in [2.24, 2.45) is 0 Å². The van der Waals surface area contributed by atoms with Crippen LogP contribution in [0.2, 0.25) is 0 Å². The van der Waals surface area contributed by atoms with Crippen LogP contribution < -0.4 is 9.62 Å². The number of rotatable bonds is 10. The summed E-state index contributed by atoms with van der Waals surface area (Å²) in [5.41, 5.74) is 2.38. The summed E-state index contributed by atoms with van der Waals surface area (Å²) in [6.45, 7) is 5.87. The summed E-state index contributed by atoms with van der Waals surface area (Å²) < 4.78 is 26.9. The molecule has 0 spiro atoms. The lowest BCUT2D eigenvalue weighted by atomic mass is 10.1. The number of anilines is 1. The second kappa shape index (κ2) is 11.4. The van der Waals surface area contributed by atoms with Crippen LogP contribution in [0.25, 0.3) is 10.8 Å². The molecule has 0 heterocycles. The van der Waals surface area contributed by atoms with Crippen molar-refractivity contribution in [2.45, 2.75) is 39.8 Å². The van der Waals surface area contributed by atoms with E-state index in [1.54, 1.807) is 12.1 Å². The maximum absolute atomic E-state index is 13.7. The molecule has 1 N–H and O–H groups in total. The van der Waals surface area contributed by atoms with Crippen LogP contribution in [0.1, 0.15) is 31.4 Å². The van der Waals surface area contributed by atoms with Gasteiger partial charge in [-0.15, -0.1) is 0 Å². The highest BCUT2D eigenvalue weighted by Crippen LogP contribution is 2.28. The third kappa shape index (κ3) is 6.39. The van der Waals surface area contributed by atoms with Gasteiger partial charge in [0.2, 0.25) is 21.8 Å². The first-order valence-electron chi connectivity index (χ1n) is 11.7. The lowest BCUT2D eigenvalue weighted by molar-refractivity contribution is -0.140. The Labute approximate surface area is 207 Å². The Kier molecular flexibility index (Phi) is 8.51. The molecule has 8 heteroatoms. The molecule has 3 aromatic rings. The minimum atomic E-state index is -3.79. The number of sulfonamides is 1. The van der Waals surface area contributed by atoms with Gasteiger partial charge >= 0.3 is 0 Å². The van der Waals surface area contributed by atoms with Crippen LogP contribution in [0.5, 0.6) is 0 Å². The van der Waals surface area contributed by atoms with Gasteiger partial charge in [-0.25, -0.2) is 8.42 Å². The highest BCUT2D eigenvalue weighted by Gasteiger charge is 2.31. The third-order valence-corrected chi connectivity index (χ3v) is 7.05. The van der Waals surface area contributed by atoms with Crippen molar-refractivity contribution in [1.29, 1.82) is 0 Å². The number of fused-ring (bicyclic) bond motifs is 1. The van der Waals surface area contributed by atoms with Gasteiger partial charge in [0.15, 0.2) is 0 Å². The fourth-order valence-electron chi connectivity index (χ4n) is 4.12. The zero-order chi connectivity index (χ0) is 25.6. The largest absolute Gasteiger partial charge is 0.355 e. The first-order valence-corrected chi connectivity index (χ1v) is 13.6. The summed E-state index contributed by atoms with van der Waals surface area (Å²) >= 11 is 0. The van der Waals surface area contributed by atoms with Crippen LogP contribution in [-0.4, -0.2) is 50.5 Å². The van der Waals surface area contributed by atoms with Crippen molar-refractivity contribution in [2.75, 3.05) is 23.7 Å². The molecule has 0 aromatic heterocycles. The number of nitrogens with one attached hydrogen (secondary N) is 1. The van der Waals surface area contributed by atoms with Crippen LogP contribution in [0.3, 0.4) is 0 Å². The second-order valence-electron chi connectivity index (χ2n) is 8.59. The van der Waals surface area contributed by atoms with Gasteiger partial charge in [0.1, 0.15) is 12.6 Å². The van der Waals surface area contributed by atoms with Gasteiger partial charge in [-0.05, 0) is 37.3 Å². The van der Waals surface area contributed by atoms with E-state index >= 15 is 0 Å². The predicted octanol–water partition coefficient (Wildman–Crippen LogP) is 3.86. The highest BCUT2D eigenvalue weighted by atomic mass is 32.2. The summed E-state index contributed by atoms with van der Waals surface area (Å²) in [7, 11) is -3.79. The van der Waals surface area contributed by atoms with Crippen molar-refractivity contribution >= 4 is 38.3 Å². The van der Waals surface area contributed by atoms with E-state index < -0.39 is 28.5 Å². The summed E-state index contributed by atoms with van der Waals surface area (Å²) in [6, 6.07) is 19.8. The van der Waals surface area contributed by atoms with Gasteiger partial charge < -0.3 is 10.2 Å². The molecule has 0 unspecified atom stereocenters. The molecule has 0 aliphatic rings. The molecular weight excluding hydrogens is 462 g/mol. The maximum Gasteiger partial charge on any atom is 0.244 e. The molecule has 3 rings (SSSR count). The van der Waals surface area contributed by atoms with Gasteiger partial charge in [0.05, 0.1) is 11.9 Å². The van der Waals surface area contributed by atoms with E-state index in [-0.39, 0.29) is 12.5 Å². The number of carbonyl (C=O) groups is 2. The van der Waals surface area contributed by atoms with E-state index in [1.807, 2.05) is 75.4 Å². The van der Waals surface area contributed by atoms with E-state index in [9.17, 15) is 18.0 Å². The molecule has 0 aliphatic heterocycles. The normalized spacial score (nSPS) is 12.2. The smallest absolute Gasteiger partial charge is 0.244 e. The number of hydrogen-bond acceptors (Lipinski definition) is 4. The molecule has 0 saturated carbocycles. The van der Waals surface area contributed by atoms with Crippen LogP contribution in [-0.2, 0) is 26.2 Å². The maximum atomic E-state index is 13.7. The zero-order valence-corrected chi connectivity index (χ0v) is 21.5. The van der Waals surface area contributed by atoms with Gasteiger partial charge in [-0.3, -0.25) is 13.9 Å². The molecule has 3 aromatic carbocycles. The average Bonchev–Trinajstić information content (AvgIpc) is 2.82. The molecule has 1 atom stereocenters. The number of aryl methyl sites for hydroxylation is 1. The summed E-state index contributed by atoms with van der Waals surface area (Å²) in [5, 5.41) is 4.40. The van der Waals surface area contributed by atoms with E-state index in [4.69, 9.17) is 0 Å². The number of likely N-dealkylation sites (N-methyl/N-ethyl adjacent to an activating group) is 1. The Bertz CT molecular complexity index is 1280. The SMILES string of the molecule is CCNC(=O)[C@H](CC)N(Cc1ccc(C)cc1)C(=O)CN(c1cccc2ccccc12)S(C)(=O)=O. The topological polar surface area (TPSA) is 86.8 Å². The lowest BCUT2D eigenvalue weighted by Crippen LogP contribution is -2.52. The second-order valence-corrected chi connectivity index (χ2v) is 10.5. The van der Waals surface area contributed by atoms with Gasteiger partial charge in [-0.2, -0.15) is 0 Å². The average molecular weight is 496 g/mol. The Morgan fingerprint density at radius 1 is 0.943 bits per heavy atom.